The first-order chi connectivity index (χ1) is 6.79. The fourth-order valence-corrected chi connectivity index (χ4v) is 2.64. The summed E-state index contributed by atoms with van der Waals surface area (Å²) < 4.78 is 5.49. The van der Waals surface area contributed by atoms with Crippen molar-refractivity contribution in [2.45, 2.75) is 26.4 Å². The Hall–Kier alpha value is -0.740. The molecule has 0 atom stereocenters. The van der Waals surface area contributed by atoms with Crippen LogP contribution in [0, 0.1) is 6.92 Å². The smallest absolute Gasteiger partial charge is 0.172 e. The molecule has 0 aromatic heterocycles. The molecule has 1 aromatic carbocycles. The van der Waals surface area contributed by atoms with E-state index >= 15 is 0 Å². The number of phenols is 1. The number of halogens is 1. The number of benzene rings is 1. The quantitative estimate of drug-likeness (QED) is 0.872. The van der Waals surface area contributed by atoms with Gasteiger partial charge in [0, 0.05) is 5.56 Å². The van der Waals surface area contributed by atoms with Crippen LogP contribution in [0.2, 0.25) is 0 Å². The SMILES string of the molecule is COc1cc(C)c(C(C)(C)O)c(Br)c1O. The van der Waals surface area contributed by atoms with Crippen molar-refractivity contribution in [1.29, 1.82) is 0 Å². The molecule has 0 saturated heterocycles. The average molecular weight is 275 g/mol. The fraction of sp³-hybridized carbons (Fsp3) is 0.455. The lowest BCUT2D eigenvalue weighted by Crippen LogP contribution is -2.18. The van der Waals surface area contributed by atoms with Crippen LogP contribution < -0.4 is 4.74 Å². The molecule has 1 aromatic rings. The summed E-state index contributed by atoms with van der Waals surface area (Å²) in [5, 5.41) is 19.7. The van der Waals surface area contributed by atoms with E-state index in [4.69, 9.17) is 4.74 Å². The van der Waals surface area contributed by atoms with E-state index < -0.39 is 5.60 Å². The normalized spacial score (nSPS) is 11.6. The van der Waals surface area contributed by atoms with Gasteiger partial charge in [-0.05, 0) is 48.3 Å². The molecule has 2 N–H and O–H groups in total. The Kier molecular flexibility index (Phi) is 3.31. The monoisotopic (exact) mass is 274 g/mol. The third-order valence-electron chi connectivity index (χ3n) is 2.23. The Morgan fingerprint density at radius 3 is 2.33 bits per heavy atom. The molecule has 0 bridgehead atoms. The molecule has 84 valence electrons. The molecule has 0 spiro atoms. The minimum atomic E-state index is -1.01. The van der Waals surface area contributed by atoms with Crippen molar-refractivity contribution in [2.75, 3.05) is 7.11 Å². The first kappa shape index (κ1) is 12.3. The molecule has 4 heteroatoms. The van der Waals surface area contributed by atoms with E-state index in [1.165, 1.54) is 7.11 Å². The molecule has 3 nitrogen and oxygen atoms in total. The molecule has 0 unspecified atom stereocenters. The zero-order valence-electron chi connectivity index (χ0n) is 9.26. The van der Waals surface area contributed by atoms with Crippen LogP contribution in [0.1, 0.15) is 25.0 Å². The predicted octanol–water partition coefficient (Wildman–Crippen LogP) is 2.70. The second kappa shape index (κ2) is 4.02. The summed E-state index contributed by atoms with van der Waals surface area (Å²) in [6, 6.07) is 1.70. The van der Waals surface area contributed by atoms with Crippen LogP contribution in [-0.2, 0) is 5.60 Å². The third kappa shape index (κ3) is 2.26. The van der Waals surface area contributed by atoms with Crippen molar-refractivity contribution in [1.82, 2.24) is 0 Å². The van der Waals surface area contributed by atoms with E-state index in [1.54, 1.807) is 19.9 Å². The van der Waals surface area contributed by atoms with Gasteiger partial charge >= 0.3 is 0 Å². The van der Waals surface area contributed by atoms with E-state index in [1.807, 2.05) is 6.92 Å². The highest BCUT2D eigenvalue weighted by molar-refractivity contribution is 9.10. The van der Waals surface area contributed by atoms with Crippen molar-refractivity contribution in [3.63, 3.8) is 0 Å². The van der Waals surface area contributed by atoms with Gasteiger partial charge in [0.2, 0.25) is 0 Å². The third-order valence-corrected chi connectivity index (χ3v) is 3.01. The van der Waals surface area contributed by atoms with Crippen molar-refractivity contribution in [3.8, 4) is 11.5 Å². The Morgan fingerprint density at radius 1 is 1.40 bits per heavy atom. The molecule has 0 amide bonds. The molecule has 0 fully saturated rings. The number of aromatic hydroxyl groups is 1. The van der Waals surface area contributed by atoms with E-state index in [0.717, 1.165) is 5.56 Å². The Balaban J connectivity index is 3.50. The highest BCUT2D eigenvalue weighted by atomic mass is 79.9. The molecule has 0 aliphatic carbocycles. The van der Waals surface area contributed by atoms with E-state index in [2.05, 4.69) is 15.9 Å². The summed E-state index contributed by atoms with van der Waals surface area (Å²) in [4.78, 5) is 0. The van der Waals surface area contributed by atoms with Crippen LogP contribution in [0.4, 0.5) is 0 Å². The summed E-state index contributed by atoms with van der Waals surface area (Å²) in [7, 11) is 1.49. The highest BCUT2D eigenvalue weighted by Gasteiger charge is 2.25. The molecule has 15 heavy (non-hydrogen) atoms. The number of ether oxygens (including phenoxy) is 1. The van der Waals surface area contributed by atoms with Gasteiger partial charge in [-0.25, -0.2) is 0 Å². The molecule has 0 radical (unpaired) electrons. The zero-order valence-corrected chi connectivity index (χ0v) is 10.8. The molecule has 0 aliphatic rings. The second-order valence-corrected chi connectivity index (χ2v) is 4.79. The summed E-state index contributed by atoms with van der Waals surface area (Å²) in [6.07, 6.45) is 0. The first-order valence-corrected chi connectivity index (χ1v) is 5.37. The van der Waals surface area contributed by atoms with Gasteiger partial charge in [-0.1, -0.05) is 0 Å². The number of aliphatic hydroxyl groups is 1. The van der Waals surface area contributed by atoms with Crippen LogP contribution in [-0.4, -0.2) is 17.3 Å². The number of rotatable bonds is 2. The van der Waals surface area contributed by atoms with Gasteiger partial charge in [0.15, 0.2) is 11.5 Å². The molecular weight excluding hydrogens is 260 g/mol. The van der Waals surface area contributed by atoms with Gasteiger partial charge in [-0.2, -0.15) is 0 Å². The van der Waals surface area contributed by atoms with Crippen LogP contribution in [0.3, 0.4) is 0 Å². The topological polar surface area (TPSA) is 49.7 Å². The minimum Gasteiger partial charge on any atom is -0.503 e. The van der Waals surface area contributed by atoms with Gasteiger partial charge in [0.1, 0.15) is 0 Å². The van der Waals surface area contributed by atoms with Crippen molar-refractivity contribution < 1.29 is 14.9 Å². The van der Waals surface area contributed by atoms with E-state index in [0.29, 0.717) is 15.8 Å². The van der Waals surface area contributed by atoms with Crippen molar-refractivity contribution in [2.24, 2.45) is 0 Å². The largest absolute Gasteiger partial charge is 0.503 e. The Labute approximate surface area is 97.8 Å². The van der Waals surface area contributed by atoms with Crippen molar-refractivity contribution in [3.05, 3.63) is 21.7 Å². The van der Waals surface area contributed by atoms with Gasteiger partial charge in [0.05, 0.1) is 17.2 Å². The van der Waals surface area contributed by atoms with Gasteiger partial charge in [-0.15, -0.1) is 0 Å². The maximum absolute atomic E-state index is 9.96. The fourth-order valence-electron chi connectivity index (χ4n) is 1.64. The number of phenolic OH excluding ortho intramolecular Hbond substituents is 1. The van der Waals surface area contributed by atoms with Crippen LogP contribution in [0.5, 0.6) is 11.5 Å². The van der Waals surface area contributed by atoms with Crippen LogP contribution in [0.15, 0.2) is 10.5 Å². The molecule has 0 saturated carbocycles. The number of hydrogen-bond acceptors (Lipinski definition) is 3. The van der Waals surface area contributed by atoms with Crippen LogP contribution in [0.25, 0.3) is 0 Å². The van der Waals surface area contributed by atoms with E-state index in [-0.39, 0.29) is 5.75 Å². The second-order valence-electron chi connectivity index (χ2n) is 3.99. The lowest BCUT2D eigenvalue weighted by Gasteiger charge is -2.23. The first-order valence-electron chi connectivity index (χ1n) is 4.58. The Morgan fingerprint density at radius 2 is 1.93 bits per heavy atom. The predicted molar refractivity (Wildman–Crippen MR) is 62.3 cm³/mol. The summed E-state index contributed by atoms with van der Waals surface area (Å²) >= 11 is 3.27. The van der Waals surface area contributed by atoms with Crippen LogP contribution >= 0.6 is 15.9 Å². The number of methoxy groups -OCH3 is 1. The van der Waals surface area contributed by atoms with E-state index in [9.17, 15) is 10.2 Å². The minimum absolute atomic E-state index is 0.0141. The van der Waals surface area contributed by atoms with Crippen molar-refractivity contribution >= 4 is 15.9 Å². The highest BCUT2D eigenvalue weighted by Crippen LogP contribution is 2.42. The summed E-state index contributed by atoms with van der Waals surface area (Å²) in [5.41, 5.74) is 0.525. The maximum atomic E-state index is 9.96. The summed E-state index contributed by atoms with van der Waals surface area (Å²) in [6.45, 7) is 5.21. The van der Waals surface area contributed by atoms with Gasteiger partial charge < -0.3 is 14.9 Å². The molecule has 1 rings (SSSR count). The lowest BCUT2D eigenvalue weighted by atomic mass is 9.93. The van der Waals surface area contributed by atoms with Gasteiger partial charge in [0.25, 0.3) is 0 Å². The molecule has 0 heterocycles. The number of hydrogen-bond donors (Lipinski definition) is 2. The van der Waals surface area contributed by atoms with Gasteiger partial charge in [-0.3, -0.25) is 0 Å². The molecule has 0 aliphatic heterocycles. The zero-order chi connectivity index (χ0) is 11.8. The lowest BCUT2D eigenvalue weighted by molar-refractivity contribution is 0.0767. The standard InChI is InChI=1S/C11H15BrO3/c1-6-5-7(15-4)10(13)9(12)8(6)11(2,3)14/h5,13-14H,1-4H3. The maximum Gasteiger partial charge on any atom is 0.172 e. The Bertz CT molecular complexity index is 380. The number of aryl methyl sites for hydroxylation is 1. The average Bonchev–Trinajstić information content (AvgIpc) is 2.09. The molecular formula is C11H15BrO3. The summed E-state index contributed by atoms with van der Waals surface area (Å²) in [5.74, 6) is 0.410.